The summed E-state index contributed by atoms with van der Waals surface area (Å²) in [5.74, 6) is -1.17. The van der Waals surface area contributed by atoms with E-state index < -0.39 is 0 Å². The smallest absolute Gasteiger partial charge is 0.306 e. The van der Waals surface area contributed by atoms with Gasteiger partial charge in [-0.1, -0.05) is 52.9 Å². The van der Waals surface area contributed by atoms with Crippen molar-refractivity contribution in [3.05, 3.63) is 0 Å². The molecule has 0 saturated heterocycles. The Kier molecular flexibility index (Phi) is 19.2. The maximum atomic E-state index is 11.6. The summed E-state index contributed by atoms with van der Waals surface area (Å²) in [6, 6.07) is 0. The van der Waals surface area contributed by atoms with Gasteiger partial charge in [-0.3, -0.25) is 19.2 Å². The first-order valence-corrected chi connectivity index (χ1v) is 12.4. The molecule has 0 aromatic rings. The third-order valence-corrected chi connectivity index (χ3v) is 4.87. The van der Waals surface area contributed by atoms with Crippen LogP contribution in [0.15, 0.2) is 0 Å². The molecule has 0 aliphatic heterocycles. The molecule has 0 amide bonds. The Morgan fingerprint density at radius 2 is 0.970 bits per heavy atom. The van der Waals surface area contributed by atoms with Gasteiger partial charge in [0.15, 0.2) is 0 Å². The molecule has 0 aliphatic rings. The normalized spacial score (nSPS) is 11.7. The lowest BCUT2D eigenvalue weighted by atomic mass is 10.1. The van der Waals surface area contributed by atoms with Crippen LogP contribution in [-0.2, 0) is 38.1 Å². The molecule has 0 fully saturated rings. The number of carbonyl (C=O) groups is 4. The van der Waals surface area contributed by atoms with Gasteiger partial charge >= 0.3 is 23.9 Å². The Balaban J connectivity index is 3.44. The molecule has 0 heterocycles. The third-order valence-electron chi connectivity index (χ3n) is 4.87. The van der Waals surface area contributed by atoms with Gasteiger partial charge in [-0.05, 0) is 32.1 Å². The summed E-state index contributed by atoms with van der Waals surface area (Å²) in [6.07, 6.45) is 7.61. The van der Waals surface area contributed by atoms with Crippen molar-refractivity contribution in [2.75, 3.05) is 19.8 Å². The molecule has 192 valence electrons. The van der Waals surface area contributed by atoms with Crippen molar-refractivity contribution in [1.29, 1.82) is 0 Å². The van der Waals surface area contributed by atoms with Crippen LogP contribution in [0.25, 0.3) is 0 Å². The quantitative estimate of drug-likeness (QED) is 0.140. The molecule has 1 atom stereocenters. The van der Waals surface area contributed by atoms with Gasteiger partial charge < -0.3 is 18.9 Å². The van der Waals surface area contributed by atoms with Crippen molar-refractivity contribution in [3.63, 3.8) is 0 Å². The van der Waals surface area contributed by atoms with Gasteiger partial charge in [0.25, 0.3) is 0 Å². The van der Waals surface area contributed by atoms with Crippen LogP contribution in [0.4, 0.5) is 0 Å². The molecule has 0 aromatic heterocycles. The Bertz CT molecular complexity index is 559. The van der Waals surface area contributed by atoms with Crippen LogP contribution in [0.3, 0.4) is 0 Å². The highest BCUT2D eigenvalue weighted by atomic mass is 16.5. The number of carbonyl (C=O) groups excluding carboxylic acids is 4. The lowest BCUT2D eigenvalue weighted by Gasteiger charge is -2.10. The van der Waals surface area contributed by atoms with Gasteiger partial charge in [0.2, 0.25) is 0 Å². The summed E-state index contributed by atoms with van der Waals surface area (Å²) < 4.78 is 20.4. The molecular weight excluding hydrogens is 428 g/mol. The van der Waals surface area contributed by atoms with Gasteiger partial charge in [0.1, 0.15) is 0 Å². The highest BCUT2D eigenvalue weighted by molar-refractivity contribution is 5.78. The summed E-state index contributed by atoms with van der Waals surface area (Å²) >= 11 is 0. The molecule has 0 rings (SSSR count). The van der Waals surface area contributed by atoms with Crippen molar-refractivity contribution >= 4 is 23.9 Å². The fourth-order valence-corrected chi connectivity index (χ4v) is 2.71. The zero-order chi connectivity index (χ0) is 24.9. The fraction of sp³-hybridized carbons (Fsp3) is 0.840. The largest absolute Gasteiger partial charge is 0.466 e. The average Bonchev–Trinajstić information content (AvgIpc) is 2.78. The summed E-state index contributed by atoms with van der Waals surface area (Å²) in [7, 11) is 0. The molecule has 8 heteroatoms. The average molecular weight is 473 g/mol. The van der Waals surface area contributed by atoms with Gasteiger partial charge in [0, 0.05) is 0 Å². The maximum Gasteiger partial charge on any atom is 0.306 e. The molecule has 0 N–H and O–H groups in total. The van der Waals surface area contributed by atoms with E-state index in [0.717, 1.165) is 51.4 Å². The van der Waals surface area contributed by atoms with E-state index in [2.05, 4.69) is 0 Å². The number of esters is 4. The van der Waals surface area contributed by atoms with Crippen molar-refractivity contribution in [2.45, 2.75) is 111 Å². The first-order chi connectivity index (χ1) is 15.7. The van der Waals surface area contributed by atoms with E-state index in [-0.39, 0.29) is 61.6 Å². The highest BCUT2D eigenvalue weighted by Crippen LogP contribution is 2.09. The second kappa shape index (κ2) is 20.5. The first-order valence-electron chi connectivity index (χ1n) is 12.4. The fourth-order valence-electron chi connectivity index (χ4n) is 2.71. The first kappa shape index (κ1) is 30.9. The summed E-state index contributed by atoms with van der Waals surface area (Å²) in [6.45, 7) is 8.79. The molecule has 0 aliphatic carbocycles. The zero-order valence-corrected chi connectivity index (χ0v) is 21.0. The molecule has 8 nitrogen and oxygen atoms in total. The van der Waals surface area contributed by atoms with Gasteiger partial charge in [-0.25, -0.2) is 0 Å². The molecule has 33 heavy (non-hydrogen) atoms. The van der Waals surface area contributed by atoms with Crippen LogP contribution in [0.2, 0.25) is 0 Å². The number of ether oxygens (including phenoxy) is 4. The molecule has 0 radical (unpaired) electrons. The Morgan fingerprint density at radius 1 is 0.576 bits per heavy atom. The minimum absolute atomic E-state index is 0.0576. The predicted molar refractivity (Wildman–Crippen MR) is 124 cm³/mol. The molecule has 0 aromatic carbocycles. The van der Waals surface area contributed by atoms with Crippen LogP contribution >= 0.6 is 0 Å². The second-order valence-corrected chi connectivity index (χ2v) is 8.70. The standard InChI is InChI=1S/C25H44O8/c1-5-21(4)33-25(29)16-15-23(27)31-18-12-10-8-6-7-9-11-17-30-22(26)13-14-24(28)32-19-20(2)3/h20-21H,5-19H2,1-4H3. The van der Waals surface area contributed by atoms with Gasteiger partial charge in [0.05, 0.1) is 51.6 Å². The minimum atomic E-state index is -0.364. The monoisotopic (exact) mass is 472 g/mol. The SMILES string of the molecule is CCC(C)OC(=O)CCC(=O)OCCCCCCCCCOC(=O)CCC(=O)OCC(C)C. The van der Waals surface area contributed by atoms with Crippen molar-refractivity contribution in [3.8, 4) is 0 Å². The zero-order valence-electron chi connectivity index (χ0n) is 21.0. The lowest BCUT2D eigenvalue weighted by molar-refractivity contribution is -0.153. The molecule has 0 spiro atoms. The van der Waals surface area contributed by atoms with E-state index in [4.69, 9.17) is 18.9 Å². The molecule has 1 unspecified atom stereocenters. The third kappa shape index (κ3) is 21.5. The van der Waals surface area contributed by atoms with E-state index in [1.165, 1.54) is 0 Å². The van der Waals surface area contributed by atoms with Gasteiger partial charge in [-0.2, -0.15) is 0 Å². The highest BCUT2D eigenvalue weighted by Gasteiger charge is 2.12. The maximum absolute atomic E-state index is 11.6. The lowest BCUT2D eigenvalue weighted by Crippen LogP contribution is -2.15. The number of rotatable bonds is 20. The predicted octanol–water partition coefficient (Wildman–Crippen LogP) is 4.90. The van der Waals surface area contributed by atoms with E-state index in [0.29, 0.717) is 19.8 Å². The number of hydrogen-bond acceptors (Lipinski definition) is 8. The van der Waals surface area contributed by atoms with Gasteiger partial charge in [-0.15, -0.1) is 0 Å². The van der Waals surface area contributed by atoms with E-state index in [1.807, 2.05) is 27.7 Å². The Labute approximate surface area is 199 Å². The van der Waals surface area contributed by atoms with Crippen LogP contribution in [0.5, 0.6) is 0 Å². The Morgan fingerprint density at radius 3 is 1.39 bits per heavy atom. The second-order valence-electron chi connectivity index (χ2n) is 8.70. The van der Waals surface area contributed by atoms with E-state index >= 15 is 0 Å². The van der Waals surface area contributed by atoms with Crippen molar-refractivity contribution in [2.24, 2.45) is 5.92 Å². The summed E-state index contributed by atoms with van der Waals surface area (Å²) in [5, 5.41) is 0. The van der Waals surface area contributed by atoms with Crippen LogP contribution in [0, 0.1) is 5.92 Å². The minimum Gasteiger partial charge on any atom is -0.466 e. The Hall–Kier alpha value is -2.12. The molecular formula is C25H44O8. The van der Waals surface area contributed by atoms with Crippen LogP contribution < -0.4 is 0 Å². The number of unbranched alkanes of at least 4 members (excludes halogenated alkanes) is 6. The summed E-state index contributed by atoms with van der Waals surface area (Å²) in [4.78, 5) is 46.2. The van der Waals surface area contributed by atoms with Crippen LogP contribution in [-0.4, -0.2) is 49.8 Å². The van der Waals surface area contributed by atoms with Crippen molar-refractivity contribution in [1.82, 2.24) is 0 Å². The molecule has 0 bridgehead atoms. The van der Waals surface area contributed by atoms with E-state index in [1.54, 1.807) is 0 Å². The van der Waals surface area contributed by atoms with E-state index in [9.17, 15) is 19.2 Å². The van der Waals surface area contributed by atoms with Crippen LogP contribution in [0.1, 0.15) is 105 Å². The van der Waals surface area contributed by atoms with Crippen molar-refractivity contribution < 1.29 is 38.1 Å². The number of hydrogen-bond donors (Lipinski definition) is 0. The molecule has 0 saturated carbocycles. The summed E-state index contributed by atoms with van der Waals surface area (Å²) in [5.41, 5.74) is 0. The topological polar surface area (TPSA) is 105 Å².